The first kappa shape index (κ1) is 23.4. The van der Waals surface area contributed by atoms with Crippen LogP contribution >= 0.6 is 0 Å². The second-order valence-corrected chi connectivity index (χ2v) is 7.57. The highest BCUT2D eigenvalue weighted by molar-refractivity contribution is 5.91. The minimum Gasteiger partial charge on any atom is -0.504 e. The molecule has 2 heterocycles. The number of phenolic OH excluding ortho intramolecular Hbond substituents is 4. The number of hydrogen-bond acceptors (Lipinski definition) is 13. The van der Waals surface area contributed by atoms with Crippen molar-refractivity contribution in [2.45, 2.75) is 30.7 Å². The van der Waals surface area contributed by atoms with Gasteiger partial charge in [-0.15, -0.1) is 0 Å². The Kier molecular flexibility index (Phi) is 5.89. The molecule has 1 aliphatic rings. The van der Waals surface area contributed by atoms with E-state index in [0.717, 1.165) is 18.2 Å². The molecule has 3 aromatic rings. The fourth-order valence-corrected chi connectivity index (χ4v) is 3.53. The molecule has 13 nitrogen and oxygen atoms in total. The predicted molar refractivity (Wildman–Crippen MR) is 111 cm³/mol. The normalized spacial score (nSPS) is 24.9. The lowest BCUT2D eigenvalue weighted by molar-refractivity contribution is -0.277. The van der Waals surface area contributed by atoms with Crippen LogP contribution in [0.4, 0.5) is 0 Å². The number of aliphatic hydroxyl groups is 4. The van der Waals surface area contributed by atoms with Crippen LogP contribution in [0.2, 0.25) is 0 Å². The van der Waals surface area contributed by atoms with Crippen LogP contribution in [0, 0.1) is 0 Å². The maximum Gasteiger partial charge on any atom is 0.238 e. The Hall–Kier alpha value is -3.75. The summed E-state index contributed by atoms with van der Waals surface area (Å²) in [6, 6.07) is 4.24. The molecule has 0 bridgehead atoms. The number of aromatic hydroxyl groups is 5. The van der Waals surface area contributed by atoms with Crippen molar-refractivity contribution < 1.29 is 59.8 Å². The number of aliphatic hydroxyl groups excluding tert-OH is 4. The van der Waals surface area contributed by atoms with E-state index >= 15 is 0 Å². The van der Waals surface area contributed by atoms with E-state index in [2.05, 4.69) is 0 Å². The first-order valence-electron chi connectivity index (χ1n) is 9.79. The summed E-state index contributed by atoms with van der Waals surface area (Å²) < 4.78 is 16.0. The number of rotatable bonds is 4. The van der Waals surface area contributed by atoms with E-state index in [-0.39, 0.29) is 5.56 Å². The van der Waals surface area contributed by atoms with Crippen LogP contribution < -0.4 is 10.2 Å². The molecule has 34 heavy (non-hydrogen) atoms. The van der Waals surface area contributed by atoms with Crippen LogP contribution in [0.15, 0.2) is 33.5 Å². The Morgan fingerprint density at radius 2 is 1.56 bits per heavy atom. The van der Waals surface area contributed by atoms with E-state index in [9.17, 15) is 50.8 Å². The summed E-state index contributed by atoms with van der Waals surface area (Å²) >= 11 is 0. The lowest BCUT2D eigenvalue weighted by atomic mass is 9.99. The highest BCUT2D eigenvalue weighted by atomic mass is 16.7. The third kappa shape index (κ3) is 3.70. The summed E-state index contributed by atoms with van der Waals surface area (Å²) in [7, 11) is 0. The fourth-order valence-electron chi connectivity index (χ4n) is 3.53. The minimum atomic E-state index is -1.84. The molecule has 182 valence electrons. The van der Waals surface area contributed by atoms with Crippen molar-refractivity contribution in [3.63, 3.8) is 0 Å². The van der Waals surface area contributed by atoms with Gasteiger partial charge in [0, 0.05) is 11.6 Å². The summed E-state index contributed by atoms with van der Waals surface area (Å²) in [6.07, 6.45) is -8.32. The lowest BCUT2D eigenvalue weighted by Gasteiger charge is -2.39. The highest BCUT2D eigenvalue weighted by Crippen LogP contribution is 2.44. The lowest BCUT2D eigenvalue weighted by Crippen LogP contribution is -2.60. The van der Waals surface area contributed by atoms with E-state index in [1.54, 1.807) is 0 Å². The molecule has 0 amide bonds. The molecule has 13 heteroatoms. The summed E-state index contributed by atoms with van der Waals surface area (Å²) in [5.41, 5.74) is -1.56. The summed E-state index contributed by atoms with van der Waals surface area (Å²) in [5, 5.41) is 88.8. The van der Waals surface area contributed by atoms with Gasteiger partial charge in [-0.1, -0.05) is 0 Å². The molecular formula is C21H20O13. The largest absolute Gasteiger partial charge is 0.504 e. The number of phenols is 4. The van der Waals surface area contributed by atoms with Crippen molar-refractivity contribution in [3.8, 4) is 45.8 Å². The molecule has 0 saturated carbocycles. The van der Waals surface area contributed by atoms with Crippen molar-refractivity contribution in [2.75, 3.05) is 6.61 Å². The number of ether oxygens (including phenoxy) is 2. The summed E-state index contributed by atoms with van der Waals surface area (Å²) in [6.45, 7) is -0.739. The van der Waals surface area contributed by atoms with Crippen molar-refractivity contribution in [1.29, 1.82) is 0 Å². The van der Waals surface area contributed by atoms with Gasteiger partial charge < -0.3 is 59.8 Å². The van der Waals surface area contributed by atoms with E-state index < -0.39 is 94.0 Å². The number of fused-ring (bicyclic) bond motifs is 1. The zero-order valence-corrected chi connectivity index (χ0v) is 17.1. The van der Waals surface area contributed by atoms with E-state index in [1.165, 1.54) is 6.07 Å². The van der Waals surface area contributed by atoms with Crippen molar-refractivity contribution >= 4 is 11.0 Å². The van der Waals surface area contributed by atoms with Gasteiger partial charge in [-0.25, -0.2) is 0 Å². The van der Waals surface area contributed by atoms with Gasteiger partial charge in [-0.2, -0.15) is 0 Å². The zero-order valence-electron chi connectivity index (χ0n) is 17.1. The molecule has 5 atom stereocenters. The fraction of sp³-hybridized carbons (Fsp3) is 0.286. The predicted octanol–water partition coefficient (Wildman–Crippen LogP) is -0.833. The van der Waals surface area contributed by atoms with Crippen LogP contribution in [0.1, 0.15) is 0 Å². The minimum absolute atomic E-state index is 0.0178. The van der Waals surface area contributed by atoms with Crippen molar-refractivity contribution in [2.24, 2.45) is 0 Å². The van der Waals surface area contributed by atoms with Crippen LogP contribution in [0.25, 0.3) is 22.3 Å². The van der Waals surface area contributed by atoms with Gasteiger partial charge in [0.1, 0.15) is 35.4 Å². The van der Waals surface area contributed by atoms with Gasteiger partial charge in [0.2, 0.25) is 23.2 Å². The SMILES string of the molecule is O=c1c(O)c(-c2ccc(O)c(O)c2)oc2cc(OC3O[C@H](CO)[C@@H](O)[C@H](O)[C@H]3O)c(O)c(O)c12. The van der Waals surface area contributed by atoms with Crippen LogP contribution in [-0.4, -0.2) is 83.3 Å². The molecule has 1 saturated heterocycles. The first-order valence-corrected chi connectivity index (χ1v) is 9.79. The zero-order chi connectivity index (χ0) is 24.9. The third-order valence-electron chi connectivity index (χ3n) is 5.40. The van der Waals surface area contributed by atoms with Crippen molar-refractivity contribution in [3.05, 3.63) is 34.5 Å². The topological polar surface area (TPSA) is 231 Å². The quantitative estimate of drug-likeness (QED) is 0.208. The Balaban J connectivity index is 1.82. The molecule has 4 rings (SSSR count). The van der Waals surface area contributed by atoms with Gasteiger partial charge in [-0.3, -0.25) is 4.79 Å². The number of hydrogen-bond donors (Lipinski definition) is 9. The van der Waals surface area contributed by atoms with Crippen LogP contribution in [-0.2, 0) is 4.74 Å². The molecule has 9 N–H and O–H groups in total. The molecule has 1 fully saturated rings. The Labute approximate surface area is 189 Å². The smallest absolute Gasteiger partial charge is 0.238 e. The van der Waals surface area contributed by atoms with Gasteiger partial charge in [0.25, 0.3) is 0 Å². The Morgan fingerprint density at radius 1 is 0.853 bits per heavy atom. The maximum atomic E-state index is 12.7. The average molecular weight is 480 g/mol. The summed E-state index contributed by atoms with van der Waals surface area (Å²) in [4.78, 5) is 12.7. The molecule has 1 aromatic heterocycles. The monoisotopic (exact) mass is 480 g/mol. The Bertz CT molecular complexity index is 1300. The highest BCUT2D eigenvalue weighted by Gasteiger charge is 2.45. The van der Waals surface area contributed by atoms with Gasteiger partial charge in [0.05, 0.1) is 6.61 Å². The standard InChI is InChI=1S/C21H20O13/c22-5-11-14(26)17(29)19(31)21(34-11)33-10-4-9-12(15(27)13(10)25)16(28)18(30)20(32-9)6-1-2-7(23)8(24)3-6/h1-4,11,14,17,19,21-27,29-31H,5H2/t11-,14-,17+,19-,21?/m1/s1. The first-order chi connectivity index (χ1) is 16.0. The molecule has 0 radical (unpaired) electrons. The molecule has 0 aliphatic carbocycles. The van der Waals surface area contributed by atoms with Gasteiger partial charge in [-0.05, 0) is 18.2 Å². The third-order valence-corrected chi connectivity index (χ3v) is 5.40. The van der Waals surface area contributed by atoms with Crippen molar-refractivity contribution in [1.82, 2.24) is 0 Å². The second-order valence-electron chi connectivity index (χ2n) is 7.57. The molecule has 1 aliphatic heterocycles. The average Bonchev–Trinajstić information content (AvgIpc) is 2.81. The van der Waals surface area contributed by atoms with E-state index in [4.69, 9.17) is 13.9 Å². The maximum absolute atomic E-state index is 12.7. The van der Waals surface area contributed by atoms with Gasteiger partial charge >= 0.3 is 0 Å². The molecule has 1 unspecified atom stereocenters. The van der Waals surface area contributed by atoms with E-state index in [0.29, 0.717) is 0 Å². The van der Waals surface area contributed by atoms with Crippen LogP contribution in [0.3, 0.4) is 0 Å². The molecule has 2 aromatic carbocycles. The summed E-state index contributed by atoms with van der Waals surface area (Å²) in [5.74, 6) is -5.06. The molecular weight excluding hydrogens is 460 g/mol. The number of benzene rings is 2. The van der Waals surface area contributed by atoms with E-state index in [1.807, 2.05) is 0 Å². The molecule has 0 spiro atoms. The van der Waals surface area contributed by atoms with Gasteiger partial charge in [0.15, 0.2) is 28.8 Å². The Morgan fingerprint density at radius 3 is 2.21 bits per heavy atom. The second kappa shape index (κ2) is 8.55. The van der Waals surface area contributed by atoms with Crippen LogP contribution in [0.5, 0.6) is 34.5 Å².